The Hall–Kier alpha value is -1.72. The van der Waals surface area contributed by atoms with Crippen LogP contribution in [0.2, 0.25) is 0 Å². The molecule has 0 spiro atoms. The molecule has 0 saturated carbocycles. The fourth-order valence-corrected chi connectivity index (χ4v) is 2.78. The van der Waals surface area contributed by atoms with Crippen molar-refractivity contribution in [1.82, 2.24) is 9.80 Å². The number of amides is 1. The van der Waals surface area contributed by atoms with Crippen molar-refractivity contribution in [3.63, 3.8) is 0 Å². The van der Waals surface area contributed by atoms with E-state index in [0.717, 1.165) is 38.4 Å². The Morgan fingerprint density at radius 1 is 1.00 bits per heavy atom. The number of fused-ring (bicyclic) bond motifs is 1. The van der Waals surface area contributed by atoms with Crippen molar-refractivity contribution in [2.75, 3.05) is 51.2 Å². The lowest BCUT2D eigenvalue weighted by molar-refractivity contribution is -0.114. The molecule has 0 bridgehead atoms. The van der Waals surface area contributed by atoms with E-state index in [9.17, 15) is 9.59 Å². The molecule has 2 aliphatic rings. The molecule has 2 aliphatic heterocycles. The number of carbonyl (C=O) groups excluding carboxylic acids is 2. The number of ketones is 1. The first-order chi connectivity index (χ1) is 9.66. The molecule has 0 aromatic heterocycles. The number of rotatable bonds is 3. The molecule has 0 unspecified atom stereocenters. The Kier molecular flexibility index (Phi) is 3.54. The van der Waals surface area contributed by atoms with Crippen LogP contribution in [0.15, 0.2) is 24.3 Å². The molecule has 20 heavy (non-hydrogen) atoms. The lowest BCUT2D eigenvalue weighted by Crippen LogP contribution is -2.47. The third-order valence-electron chi connectivity index (χ3n) is 4.11. The summed E-state index contributed by atoms with van der Waals surface area (Å²) in [6.45, 7) is 5.57. The average molecular weight is 273 g/mol. The third-order valence-corrected chi connectivity index (χ3v) is 4.11. The van der Waals surface area contributed by atoms with Gasteiger partial charge < -0.3 is 9.80 Å². The summed E-state index contributed by atoms with van der Waals surface area (Å²) in [5.74, 6) is -0.765. The minimum Gasteiger partial charge on any atom is -0.304 e. The predicted molar refractivity (Wildman–Crippen MR) is 77.1 cm³/mol. The second-order valence-corrected chi connectivity index (χ2v) is 5.45. The van der Waals surface area contributed by atoms with Gasteiger partial charge in [0.1, 0.15) is 0 Å². The minimum absolute atomic E-state index is 0.376. The van der Waals surface area contributed by atoms with Gasteiger partial charge in [-0.15, -0.1) is 0 Å². The number of carbonyl (C=O) groups is 2. The molecule has 2 heterocycles. The average Bonchev–Trinajstić information content (AvgIpc) is 2.71. The van der Waals surface area contributed by atoms with Gasteiger partial charge in [0.05, 0.1) is 11.3 Å². The van der Waals surface area contributed by atoms with Crippen LogP contribution in [0.1, 0.15) is 10.4 Å². The van der Waals surface area contributed by atoms with Gasteiger partial charge in [-0.1, -0.05) is 12.1 Å². The molecule has 0 aliphatic carbocycles. The molecule has 1 saturated heterocycles. The number of likely N-dealkylation sites (N-methyl/N-ethyl adjacent to an activating group) is 1. The van der Waals surface area contributed by atoms with Gasteiger partial charge in [-0.2, -0.15) is 0 Å². The first kappa shape index (κ1) is 13.3. The smallest absolute Gasteiger partial charge is 0.299 e. The lowest BCUT2D eigenvalue weighted by atomic mass is 10.1. The van der Waals surface area contributed by atoms with E-state index in [1.165, 1.54) is 0 Å². The van der Waals surface area contributed by atoms with Crippen molar-refractivity contribution in [1.29, 1.82) is 0 Å². The Labute approximate surface area is 118 Å². The Balaban J connectivity index is 1.66. The summed E-state index contributed by atoms with van der Waals surface area (Å²) >= 11 is 0. The number of hydrogen-bond donors (Lipinski definition) is 0. The van der Waals surface area contributed by atoms with Crippen LogP contribution in [0.4, 0.5) is 5.69 Å². The van der Waals surface area contributed by atoms with Gasteiger partial charge in [0.25, 0.3) is 11.7 Å². The van der Waals surface area contributed by atoms with Crippen LogP contribution in [-0.2, 0) is 4.79 Å². The standard InChI is InChI=1S/C15H19N3O2/c1-16-6-8-17(9-7-16)10-11-18-13-5-3-2-4-12(13)14(19)15(18)20/h2-5H,6-11H2,1H3. The largest absolute Gasteiger partial charge is 0.304 e. The van der Waals surface area contributed by atoms with E-state index >= 15 is 0 Å². The molecule has 106 valence electrons. The highest BCUT2D eigenvalue weighted by atomic mass is 16.2. The van der Waals surface area contributed by atoms with Crippen molar-refractivity contribution in [2.45, 2.75) is 0 Å². The van der Waals surface area contributed by atoms with Crippen LogP contribution in [0.5, 0.6) is 0 Å². The molecule has 5 heteroatoms. The SMILES string of the molecule is CN1CCN(CCN2C(=O)C(=O)c3ccccc32)CC1. The Bertz CT molecular complexity index is 536. The maximum absolute atomic E-state index is 12.0. The zero-order valence-corrected chi connectivity index (χ0v) is 11.7. The molecular weight excluding hydrogens is 254 g/mol. The van der Waals surface area contributed by atoms with Gasteiger partial charge in [-0.05, 0) is 19.2 Å². The molecule has 1 aromatic carbocycles. The Morgan fingerprint density at radius 2 is 1.70 bits per heavy atom. The van der Waals surface area contributed by atoms with E-state index in [0.29, 0.717) is 12.1 Å². The number of para-hydroxylation sites is 1. The van der Waals surface area contributed by atoms with Crippen molar-refractivity contribution in [2.24, 2.45) is 0 Å². The van der Waals surface area contributed by atoms with E-state index in [2.05, 4.69) is 16.8 Å². The summed E-state index contributed by atoms with van der Waals surface area (Å²) in [5.41, 5.74) is 1.30. The maximum atomic E-state index is 12.0. The second kappa shape index (κ2) is 5.34. The van der Waals surface area contributed by atoms with E-state index in [1.54, 1.807) is 17.0 Å². The maximum Gasteiger partial charge on any atom is 0.299 e. The van der Waals surface area contributed by atoms with Gasteiger partial charge in [-0.3, -0.25) is 14.5 Å². The quantitative estimate of drug-likeness (QED) is 0.751. The number of Topliss-reactive ketones (excluding diaryl/α,β-unsaturated/α-hetero) is 1. The summed E-state index contributed by atoms with van der Waals surface area (Å²) in [7, 11) is 2.12. The molecule has 1 amide bonds. The summed E-state index contributed by atoms with van der Waals surface area (Å²) in [6, 6.07) is 7.25. The van der Waals surface area contributed by atoms with Crippen LogP contribution in [-0.4, -0.2) is 67.8 Å². The topological polar surface area (TPSA) is 43.9 Å². The van der Waals surface area contributed by atoms with E-state index in [4.69, 9.17) is 0 Å². The summed E-state index contributed by atoms with van der Waals surface area (Å²) in [5, 5.41) is 0. The molecular formula is C15H19N3O2. The van der Waals surface area contributed by atoms with Crippen LogP contribution in [0, 0.1) is 0 Å². The van der Waals surface area contributed by atoms with Gasteiger partial charge in [0.15, 0.2) is 0 Å². The summed E-state index contributed by atoms with van der Waals surface area (Å²) < 4.78 is 0. The molecule has 5 nitrogen and oxygen atoms in total. The van der Waals surface area contributed by atoms with Gasteiger partial charge in [0, 0.05) is 39.3 Å². The van der Waals surface area contributed by atoms with Crippen LogP contribution < -0.4 is 4.90 Å². The number of piperazine rings is 1. The fraction of sp³-hybridized carbons (Fsp3) is 0.467. The first-order valence-corrected chi connectivity index (χ1v) is 7.03. The van der Waals surface area contributed by atoms with Gasteiger partial charge in [-0.25, -0.2) is 0 Å². The molecule has 0 N–H and O–H groups in total. The summed E-state index contributed by atoms with van der Waals surface area (Å²) in [4.78, 5) is 30.2. The first-order valence-electron chi connectivity index (χ1n) is 7.03. The van der Waals surface area contributed by atoms with E-state index in [1.807, 2.05) is 12.1 Å². The second-order valence-electron chi connectivity index (χ2n) is 5.45. The Morgan fingerprint density at radius 3 is 2.45 bits per heavy atom. The highest BCUT2D eigenvalue weighted by Crippen LogP contribution is 2.28. The van der Waals surface area contributed by atoms with Crippen molar-refractivity contribution < 1.29 is 9.59 Å². The highest BCUT2D eigenvalue weighted by Gasteiger charge is 2.35. The molecule has 0 atom stereocenters. The molecule has 1 aromatic rings. The van der Waals surface area contributed by atoms with Crippen LogP contribution >= 0.6 is 0 Å². The third kappa shape index (κ3) is 2.34. The molecule has 1 fully saturated rings. The van der Waals surface area contributed by atoms with Gasteiger partial charge >= 0.3 is 0 Å². The van der Waals surface area contributed by atoms with Crippen LogP contribution in [0.3, 0.4) is 0 Å². The van der Waals surface area contributed by atoms with E-state index in [-0.39, 0.29) is 11.7 Å². The lowest BCUT2D eigenvalue weighted by Gasteiger charge is -2.33. The molecule has 3 rings (SSSR count). The fourth-order valence-electron chi connectivity index (χ4n) is 2.78. The normalized spacial score (nSPS) is 20.6. The highest BCUT2D eigenvalue weighted by molar-refractivity contribution is 6.52. The van der Waals surface area contributed by atoms with Gasteiger partial charge in [0.2, 0.25) is 0 Å². The number of nitrogens with zero attached hydrogens (tertiary/aromatic N) is 3. The van der Waals surface area contributed by atoms with Crippen molar-refractivity contribution in [3.05, 3.63) is 29.8 Å². The zero-order chi connectivity index (χ0) is 14.1. The van der Waals surface area contributed by atoms with Crippen LogP contribution in [0.25, 0.3) is 0 Å². The minimum atomic E-state index is -0.389. The molecule has 0 radical (unpaired) electrons. The number of hydrogen-bond acceptors (Lipinski definition) is 4. The summed E-state index contributed by atoms with van der Waals surface area (Å²) in [6.07, 6.45) is 0. The van der Waals surface area contributed by atoms with Crippen molar-refractivity contribution in [3.8, 4) is 0 Å². The van der Waals surface area contributed by atoms with Crippen molar-refractivity contribution >= 4 is 17.4 Å². The predicted octanol–water partition coefficient (Wildman–Crippen LogP) is 0.463. The number of benzene rings is 1. The monoisotopic (exact) mass is 273 g/mol. The number of anilines is 1. The zero-order valence-electron chi connectivity index (χ0n) is 11.7. The van der Waals surface area contributed by atoms with E-state index < -0.39 is 0 Å².